The monoisotopic (exact) mass is 620 g/mol. The van der Waals surface area contributed by atoms with Gasteiger partial charge in [0.05, 0.1) is 41.9 Å². The third-order valence-corrected chi connectivity index (χ3v) is 7.65. The summed E-state index contributed by atoms with van der Waals surface area (Å²) in [6.45, 7) is 8.36. The normalized spacial score (nSPS) is 14.0. The van der Waals surface area contributed by atoms with Gasteiger partial charge in [0.1, 0.15) is 11.3 Å². The van der Waals surface area contributed by atoms with Gasteiger partial charge in [-0.1, -0.05) is 18.2 Å². The van der Waals surface area contributed by atoms with Crippen molar-refractivity contribution in [2.24, 2.45) is 7.05 Å². The molecule has 5 rings (SSSR count). The maximum Gasteiger partial charge on any atom is 0.416 e. The quantitative estimate of drug-likeness (QED) is 0.316. The number of hydrogen-bond acceptors (Lipinski definition) is 5. The fourth-order valence-electron chi connectivity index (χ4n) is 5.47. The number of likely N-dealkylation sites (N-methyl/N-ethyl adjacent to an activating group) is 1. The van der Waals surface area contributed by atoms with E-state index in [9.17, 15) is 27.6 Å². The Morgan fingerprint density at radius 1 is 1.07 bits per heavy atom. The Balaban J connectivity index is 1.56. The second-order valence-electron chi connectivity index (χ2n) is 11.0. The smallest absolute Gasteiger partial charge is 0.349 e. The minimum Gasteiger partial charge on any atom is -0.349 e. The Labute approximate surface area is 256 Å². The predicted molar refractivity (Wildman–Crippen MR) is 160 cm³/mol. The molecule has 11 nitrogen and oxygen atoms in total. The summed E-state index contributed by atoms with van der Waals surface area (Å²) in [6.07, 6.45) is -2.22. The first-order chi connectivity index (χ1) is 21.4. The third kappa shape index (κ3) is 6.39. The fourth-order valence-corrected chi connectivity index (χ4v) is 5.47. The molecule has 45 heavy (non-hydrogen) atoms. The molecule has 1 aliphatic heterocycles. The van der Waals surface area contributed by atoms with Crippen molar-refractivity contribution in [3.05, 3.63) is 93.7 Å². The van der Waals surface area contributed by atoms with Gasteiger partial charge in [-0.25, -0.2) is 14.2 Å². The average Bonchev–Trinajstić information content (AvgIpc) is 3.58. The standard InChI is InChI=1S/C31H31F3N8O3/c1-35-21-8-10-23(11-9-21)41-25(12-15-36-41)28-27(29(44)37-22-13-16-40(17-14-22)26(43)19-38(2)3)30(45)42(39(28)4)24-7-5-6-20(18-24)31(32,33)34/h5-12,15,18,22H,13-14,16-17,19H2,2-4H3,(H,37,44). The molecule has 1 N–H and O–H groups in total. The van der Waals surface area contributed by atoms with Crippen LogP contribution in [0.5, 0.6) is 0 Å². The molecular weight excluding hydrogens is 589 g/mol. The topological polar surface area (TPSA) is 102 Å². The molecule has 0 radical (unpaired) electrons. The lowest BCUT2D eigenvalue weighted by Gasteiger charge is -2.33. The zero-order valence-electron chi connectivity index (χ0n) is 24.9. The molecule has 0 bridgehead atoms. The van der Waals surface area contributed by atoms with Crippen molar-refractivity contribution in [3.8, 4) is 22.8 Å². The highest BCUT2D eigenvalue weighted by molar-refractivity contribution is 6.00. The molecule has 4 aromatic rings. The third-order valence-electron chi connectivity index (χ3n) is 7.65. The van der Waals surface area contributed by atoms with Crippen molar-refractivity contribution in [3.63, 3.8) is 0 Å². The van der Waals surface area contributed by atoms with E-state index in [0.29, 0.717) is 43.0 Å². The van der Waals surface area contributed by atoms with Crippen LogP contribution in [0, 0.1) is 6.57 Å². The lowest BCUT2D eigenvalue weighted by molar-refractivity contribution is -0.137. The van der Waals surface area contributed by atoms with Gasteiger partial charge in [-0.15, -0.1) is 0 Å². The largest absolute Gasteiger partial charge is 0.416 e. The number of aromatic nitrogens is 4. The molecule has 2 aromatic carbocycles. The molecule has 0 atom stereocenters. The van der Waals surface area contributed by atoms with E-state index in [1.807, 2.05) is 14.1 Å². The van der Waals surface area contributed by atoms with Gasteiger partial charge in [-0.05, 0) is 63.3 Å². The van der Waals surface area contributed by atoms with Gasteiger partial charge >= 0.3 is 6.18 Å². The van der Waals surface area contributed by atoms with Crippen LogP contribution in [0.25, 0.3) is 27.6 Å². The second kappa shape index (κ2) is 12.4. The van der Waals surface area contributed by atoms with Crippen molar-refractivity contribution in [1.82, 2.24) is 34.3 Å². The first kappa shape index (κ1) is 31.3. The Morgan fingerprint density at radius 2 is 1.76 bits per heavy atom. The lowest BCUT2D eigenvalue weighted by atomic mass is 10.0. The number of nitrogens with one attached hydrogen (secondary N) is 1. The summed E-state index contributed by atoms with van der Waals surface area (Å²) in [5.74, 6) is -0.706. The van der Waals surface area contributed by atoms with Crippen LogP contribution in [0.15, 0.2) is 65.6 Å². The van der Waals surface area contributed by atoms with E-state index in [0.717, 1.165) is 16.8 Å². The number of piperidine rings is 1. The lowest BCUT2D eigenvalue weighted by Crippen LogP contribution is -2.48. The number of hydrogen-bond donors (Lipinski definition) is 1. The molecule has 0 aliphatic carbocycles. The summed E-state index contributed by atoms with van der Waals surface area (Å²) in [5, 5.41) is 7.30. The van der Waals surface area contributed by atoms with Gasteiger partial charge in [0.2, 0.25) is 5.91 Å². The number of rotatable bonds is 7. The number of carbonyl (C=O) groups is 2. The molecule has 0 unspecified atom stereocenters. The second-order valence-corrected chi connectivity index (χ2v) is 11.0. The molecule has 1 saturated heterocycles. The van der Waals surface area contributed by atoms with E-state index in [-0.39, 0.29) is 35.4 Å². The highest BCUT2D eigenvalue weighted by Crippen LogP contribution is 2.31. The van der Waals surface area contributed by atoms with Crippen molar-refractivity contribution in [2.75, 3.05) is 33.7 Å². The van der Waals surface area contributed by atoms with Gasteiger partial charge in [0.25, 0.3) is 11.5 Å². The van der Waals surface area contributed by atoms with Gasteiger partial charge in [0.15, 0.2) is 5.69 Å². The zero-order chi connectivity index (χ0) is 32.5. The number of amides is 2. The zero-order valence-corrected chi connectivity index (χ0v) is 24.9. The summed E-state index contributed by atoms with van der Waals surface area (Å²) in [7, 11) is 5.11. The number of benzene rings is 2. The number of alkyl halides is 3. The number of carbonyl (C=O) groups excluding carboxylic acids is 2. The van der Waals surface area contributed by atoms with Crippen LogP contribution in [-0.2, 0) is 18.0 Å². The molecule has 0 saturated carbocycles. The van der Waals surface area contributed by atoms with Crippen LogP contribution in [0.3, 0.4) is 0 Å². The molecule has 1 fully saturated rings. The van der Waals surface area contributed by atoms with E-state index >= 15 is 0 Å². The number of nitrogens with zero attached hydrogens (tertiary/aromatic N) is 7. The van der Waals surface area contributed by atoms with Crippen molar-refractivity contribution >= 4 is 17.5 Å². The Kier molecular flexibility index (Phi) is 8.65. The summed E-state index contributed by atoms with van der Waals surface area (Å²) in [5.41, 5.74) is -0.656. The van der Waals surface area contributed by atoms with Crippen LogP contribution in [0.1, 0.15) is 28.8 Å². The van der Waals surface area contributed by atoms with E-state index in [2.05, 4.69) is 15.3 Å². The SMILES string of the molecule is [C-]#[N+]c1ccc(-n2nccc2-c2c(C(=O)NC3CCN(C(=O)CN(C)C)CC3)c(=O)n(-c3cccc(C(F)(F)F)c3)n2C)cc1. The van der Waals surface area contributed by atoms with Crippen LogP contribution in [0.4, 0.5) is 18.9 Å². The number of likely N-dealkylation sites (tertiary alicyclic amines) is 1. The van der Waals surface area contributed by atoms with E-state index in [1.54, 1.807) is 40.1 Å². The van der Waals surface area contributed by atoms with Crippen molar-refractivity contribution in [2.45, 2.75) is 25.1 Å². The van der Waals surface area contributed by atoms with Gasteiger partial charge < -0.3 is 15.1 Å². The maximum atomic E-state index is 14.0. The van der Waals surface area contributed by atoms with E-state index in [1.165, 1.54) is 34.7 Å². The predicted octanol–water partition coefficient (Wildman–Crippen LogP) is 3.88. The molecular formula is C31H31F3N8O3. The van der Waals surface area contributed by atoms with E-state index in [4.69, 9.17) is 6.57 Å². The first-order valence-corrected chi connectivity index (χ1v) is 14.1. The van der Waals surface area contributed by atoms with E-state index < -0.39 is 23.2 Å². The van der Waals surface area contributed by atoms with Crippen LogP contribution in [-0.4, -0.2) is 80.5 Å². The maximum absolute atomic E-state index is 14.0. The van der Waals surface area contributed by atoms with Crippen molar-refractivity contribution in [1.29, 1.82) is 0 Å². The molecule has 1 aliphatic rings. The molecule has 2 aromatic heterocycles. The van der Waals surface area contributed by atoms with Crippen LogP contribution in [0.2, 0.25) is 0 Å². The molecule has 0 spiro atoms. The summed E-state index contributed by atoms with van der Waals surface area (Å²) < 4.78 is 44.7. The highest BCUT2D eigenvalue weighted by atomic mass is 19.4. The average molecular weight is 621 g/mol. The van der Waals surface area contributed by atoms with Crippen LogP contribution >= 0.6 is 0 Å². The molecule has 14 heteroatoms. The molecule has 234 valence electrons. The van der Waals surface area contributed by atoms with Crippen molar-refractivity contribution < 1.29 is 22.8 Å². The minimum atomic E-state index is -4.65. The summed E-state index contributed by atoms with van der Waals surface area (Å²) >= 11 is 0. The summed E-state index contributed by atoms with van der Waals surface area (Å²) in [6, 6.07) is 12.1. The molecule has 3 heterocycles. The Morgan fingerprint density at radius 3 is 2.38 bits per heavy atom. The fraction of sp³-hybridized carbons (Fsp3) is 0.323. The van der Waals surface area contributed by atoms with Gasteiger partial charge in [-0.2, -0.15) is 18.3 Å². The minimum absolute atomic E-state index is 0.0169. The molecule has 2 amide bonds. The Bertz CT molecular complexity index is 1820. The van der Waals surface area contributed by atoms with Gasteiger partial charge in [0, 0.05) is 26.2 Å². The Hall–Kier alpha value is -5.16. The van der Waals surface area contributed by atoms with Gasteiger partial charge in [-0.3, -0.25) is 19.1 Å². The number of halogens is 3. The van der Waals surface area contributed by atoms with Crippen LogP contribution < -0.4 is 10.9 Å². The summed E-state index contributed by atoms with van der Waals surface area (Å²) in [4.78, 5) is 47.3. The highest BCUT2D eigenvalue weighted by Gasteiger charge is 2.33. The first-order valence-electron chi connectivity index (χ1n) is 14.1.